The Bertz CT molecular complexity index is 1210. The highest BCUT2D eigenvalue weighted by Crippen LogP contribution is 2.18. The van der Waals surface area contributed by atoms with E-state index in [4.69, 9.17) is 4.74 Å². The average molecular weight is 481 g/mol. The van der Waals surface area contributed by atoms with Crippen molar-refractivity contribution in [3.63, 3.8) is 0 Å². The highest BCUT2D eigenvalue weighted by Gasteiger charge is 2.07. The molecule has 2 N–H and O–H groups in total. The maximum Gasteiger partial charge on any atom is 0.239 e. The molecule has 2 amide bonds. The Morgan fingerprint density at radius 2 is 1.22 bits per heavy atom. The van der Waals surface area contributed by atoms with Crippen LogP contribution in [0.1, 0.15) is 16.7 Å². The lowest BCUT2D eigenvalue weighted by Crippen LogP contribution is -2.37. The molecule has 0 bridgehead atoms. The molecule has 0 heterocycles. The van der Waals surface area contributed by atoms with Crippen LogP contribution in [0.3, 0.4) is 0 Å². The molecule has 0 aliphatic carbocycles. The Kier molecular flexibility index (Phi) is 10.3. The number of amides is 2. The summed E-state index contributed by atoms with van der Waals surface area (Å²) in [4.78, 5) is 23.5. The van der Waals surface area contributed by atoms with Gasteiger partial charge >= 0.3 is 0 Å². The fourth-order valence-corrected chi connectivity index (χ4v) is 3.41. The van der Waals surface area contributed by atoms with Gasteiger partial charge in [-0.2, -0.15) is 0 Å². The largest absolute Gasteiger partial charge is 0.497 e. The Balaban J connectivity index is 0.000000233. The lowest BCUT2D eigenvalue weighted by atomic mass is 10.0. The van der Waals surface area contributed by atoms with Crippen LogP contribution in [0.25, 0.3) is 11.1 Å². The molecule has 0 saturated heterocycles. The van der Waals surface area contributed by atoms with Crippen LogP contribution in [0, 0.1) is 6.92 Å². The molecule has 0 unspecified atom stereocenters. The second-order valence-corrected chi connectivity index (χ2v) is 8.30. The van der Waals surface area contributed by atoms with E-state index in [1.54, 1.807) is 19.2 Å². The van der Waals surface area contributed by atoms with Crippen LogP contribution in [0.5, 0.6) is 5.75 Å². The number of nitrogens with one attached hydrogen (secondary N) is 2. The number of carbonyl (C=O) groups is 2. The minimum absolute atomic E-state index is 0.0260. The van der Waals surface area contributed by atoms with Gasteiger partial charge in [0.2, 0.25) is 11.8 Å². The highest BCUT2D eigenvalue weighted by atomic mass is 16.5. The van der Waals surface area contributed by atoms with E-state index >= 15 is 0 Å². The third kappa shape index (κ3) is 9.11. The predicted molar refractivity (Wildman–Crippen MR) is 145 cm³/mol. The molecule has 0 saturated carbocycles. The second kappa shape index (κ2) is 14.1. The van der Waals surface area contributed by atoms with Crippen LogP contribution >= 0.6 is 0 Å². The van der Waals surface area contributed by atoms with Crippen LogP contribution in [-0.2, 0) is 22.6 Å². The zero-order chi connectivity index (χ0) is 25.6. The molecule has 36 heavy (non-hydrogen) atoms. The summed E-state index contributed by atoms with van der Waals surface area (Å²) in [7, 11) is 1.59. The summed E-state index contributed by atoms with van der Waals surface area (Å²) in [6.07, 6.45) is 0.232. The van der Waals surface area contributed by atoms with Crippen molar-refractivity contribution in [3.8, 4) is 16.9 Å². The minimum Gasteiger partial charge on any atom is -0.497 e. The molecule has 5 nitrogen and oxygen atoms in total. The van der Waals surface area contributed by atoms with Crippen LogP contribution in [-0.4, -0.2) is 25.5 Å². The predicted octanol–water partition coefficient (Wildman–Crippen LogP) is 5.33. The molecule has 4 aromatic carbocycles. The summed E-state index contributed by atoms with van der Waals surface area (Å²) in [6.45, 7) is 2.53. The topological polar surface area (TPSA) is 67.4 Å². The van der Waals surface area contributed by atoms with Gasteiger partial charge in [-0.05, 0) is 41.3 Å². The number of benzene rings is 4. The van der Waals surface area contributed by atoms with E-state index in [-0.39, 0.29) is 24.8 Å². The van der Waals surface area contributed by atoms with Gasteiger partial charge < -0.3 is 15.4 Å². The van der Waals surface area contributed by atoms with Gasteiger partial charge in [0.25, 0.3) is 0 Å². The van der Waals surface area contributed by atoms with E-state index in [0.29, 0.717) is 6.54 Å². The van der Waals surface area contributed by atoms with Crippen LogP contribution in [0.4, 0.5) is 0 Å². The van der Waals surface area contributed by atoms with Crippen molar-refractivity contribution in [2.75, 3.05) is 13.7 Å². The lowest BCUT2D eigenvalue weighted by molar-refractivity contribution is -0.125. The summed E-state index contributed by atoms with van der Waals surface area (Å²) in [6, 6.07) is 35.9. The van der Waals surface area contributed by atoms with Gasteiger partial charge in [-0.1, -0.05) is 103 Å². The SMILES string of the molecule is COc1ccc(CC(=O)NCC(=O)NCc2ccccc2)cc1.Cc1ccc(-c2ccccc2)cc1. The third-order valence-electron chi connectivity index (χ3n) is 5.46. The number of hydrogen-bond acceptors (Lipinski definition) is 3. The Labute approximate surface area is 213 Å². The Morgan fingerprint density at radius 3 is 1.83 bits per heavy atom. The number of carbonyl (C=O) groups excluding carboxylic acids is 2. The van der Waals surface area contributed by atoms with Crippen molar-refractivity contribution in [1.82, 2.24) is 10.6 Å². The van der Waals surface area contributed by atoms with E-state index in [9.17, 15) is 9.59 Å². The molecule has 4 rings (SSSR count). The first-order valence-electron chi connectivity index (χ1n) is 11.9. The molecule has 5 heteroatoms. The molecule has 0 atom stereocenters. The maximum absolute atomic E-state index is 11.8. The molecule has 184 valence electrons. The van der Waals surface area contributed by atoms with E-state index in [2.05, 4.69) is 66.1 Å². The Hall–Kier alpha value is -4.38. The molecular weight excluding hydrogens is 448 g/mol. The minimum atomic E-state index is -0.211. The van der Waals surface area contributed by atoms with Gasteiger partial charge in [-0.3, -0.25) is 9.59 Å². The summed E-state index contributed by atoms with van der Waals surface area (Å²) in [5.41, 5.74) is 5.76. The Morgan fingerprint density at radius 1 is 0.639 bits per heavy atom. The van der Waals surface area contributed by atoms with Gasteiger partial charge in [0.05, 0.1) is 20.1 Å². The van der Waals surface area contributed by atoms with Gasteiger partial charge in [0.15, 0.2) is 0 Å². The van der Waals surface area contributed by atoms with Gasteiger partial charge in [0.1, 0.15) is 5.75 Å². The van der Waals surface area contributed by atoms with E-state index in [1.807, 2.05) is 48.5 Å². The van der Waals surface area contributed by atoms with Crippen molar-refractivity contribution in [3.05, 3.63) is 126 Å². The number of hydrogen-bond donors (Lipinski definition) is 2. The molecule has 0 aliphatic heterocycles. The van der Waals surface area contributed by atoms with Crippen molar-refractivity contribution < 1.29 is 14.3 Å². The zero-order valence-corrected chi connectivity index (χ0v) is 20.7. The number of aryl methyl sites for hydroxylation is 1. The first-order valence-corrected chi connectivity index (χ1v) is 11.9. The summed E-state index contributed by atoms with van der Waals surface area (Å²) in [5, 5.41) is 5.38. The fourth-order valence-electron chi connectivity index (χ4n) is 3.41. The van der Waals surface area contributed by atoms with Crippen LogP contribution in [0.15, 0.2) is 109 Å². The average Bonchev–Trinajstić information content (AvgIpc) is 2.93. The monoisotopic (exact) mass is 480 g/mol. The van der Waals surface area contributed by atoms with Gasteiger partial charge in [-0.15, -0.1) is 0 Å². The molecule has 4 aromatic rings. The fraction of sp³-hybridized carbons (Fsp3) is 0.161. The highest BCUT2D eigenvalue weighted by molar-refractivity contribution is 5.85. The van der Waals surface area contributed by atoms with E-state index < -0.39 is 0 Å². The van der Waals surface area contributed by atoms with Crippen molar-refractivity contribution >= 4 is 11.8 Å². The molecule has 0 aromatic heterocycles. The van der Waals surface area contributed by atoms with Crippen molar-refractivity contribution in [2.24, 2.45) is 0 Å². The number of rotatable bonds is 8. The van der Waals surface area contributed by atoms with Crippen molar-refractivity contribution in [1.29, 1.82) is 0 Å². The summed E-state index contributed by atoms with van der Waals surface area (Å²) < 4.78 is 5.06. The van der Waals surface area contributed by atoms with Crippen molar-refractivity contribution in [2.45, 2.75) is 19.9 Å². The first-order chi connectivity index (χ1) is 17.5. The standard InChI is InChI=1S/C18H20N2O3.C13H12/c1-23-16-9-7-14(8-10-16)11-17(21)20-13-18(22)19-12-15-5-3-2-4-6-15;1-11-7-9-13(10-8-11)12-5-3-2-4-6-12/h2-10H,11-13H2,1H3,(H,19,22)(H,20,21);2-10H,1H3. The maximum atomic E-state index is 11.8. The first kappa shape index (κ1) is 26.2. The normalized spacial score (nSPS) is 9.94. The molecule has 0 aliphatic rings. The molecule has 0 spiro atoms. The summed E-state index contributed by atoms with van der Waals surface area (Å²) >= 11 is 0. The van der Waals surface area contributed by atoms with Crippen LogP contribution in [0.2, 0.25) is 0 Å². The third-order valence-corrected chi connectivity index (χ3v) is 5.46. The summed E-state index contributed by atoms with van der Waals surface area (Å²) in [5.74, 6) is 0.344. The molecular formula is C31H32N2O3. The lowest BCUT2D eigenvalue weighted by Gasteiger charge is -2.07. The zero-order valence-electron chi connectivity index (χ0n) is 20.7. The molecule has 0 fully saturated rings. The van der Waals surface area contributed by atoms with Crippen LogP contribution < -0.4 is 15.4 Å². The van der Waals surface area contributed by atoms with Gasteiger partial charge in [-0.25, -0.2) is 0 Å². The number of methoxy groups -OCH3 is 1. The second-order valence-electron chi connectivity index (χ2n) is 8.30. The van der Waals surface area contributed by atoms with Gasteiger partial charge in [0, 0.05) is 6.54 Å². The molecule has 0 radical (unpaired) electrons. The smallest absolute Gasteiger partial charge is 0.239 e. The van der Waals surface area contributed by atoms with E-state index in [1.165, 1.54) is 16.7 Å². The quantitative estimate of drug-likeness (QED) is 0.358. The number of ether oxygens (including phenoxy) is 1. The van der Waals surface area contributed by atoms with E-state index in [0.717, 1.165) is 16.9 Å².